The summed E-state index contributed by atoms with van der Waals surface area (Å²) in [5, 5.41) is 3.82. The van der Waals surface area contributed by atoms with Gasteiger partial charge in [-0.1, -0.05) is 0 Å². The van der Waals surface area contributed by atoms with Crippen LogP contribution in [0.5, 0.6) is 0 Å². The zero-order valence-electron chi connectivity index (χ0n) is 12.9. The molecule has 0 spiro atoms. The third-order valence-corrected chi connectivity index (χ3v) is 4.63. The Morgan fingerprint density at radius 2 is 1.95 bits per heavy atom. The highest BCUT2D eigenvalue weighted by Crippen LogP contribution is 2.31. The lowest BCUT2D eigenvalue weighted by Crippen LogP contribution is -2.12. The highest BCUT2D eigenvalue weighted by molar-refractivity contribution is 7.20. The Bertz CT molecular complexity index is 885. The fraction of sp³-hybridized carbons (Fsp3) is 0.250. The lowest BCUT2D eigenvalue weighted by atomic mass is 10.1. The smallest absolute Gasteiger partial charge is 0.267 e. The van der Waals surface area contributed by atoms with Crippen molar-refractivity contribution in [2.24, 2.45) is 0 Å². The molecule has 0 aliphatic rings. The minimum atomic E-state index is -0.157. The second-order valence-corrected chi connectivity index (χ2v) is 6.26. The summed E-state index contributed by atoms with van der Waals surface area (Å²) in [7, 11) is 0. The van der Waals surface area contributed by atoms with Crippen LogP contribution >= 0.6 is 11.3 Å². The van der Waals surface area contributed by atoms with Crippen molar-refractivity contribution in [1.29, 1.82) is 0 Å². The van der Waals surface area contributed by atoms with Crippen molar-refractivity contribution in [2.75, 3.05) is 5.32 Å². The Morgan fingerprint density at radius 1 is 1.18 bits per heavy atom. The molecule has 22 heavy (non-hydrogen) atoms. The maximum Gasteiger partial charge on any atom is 0.267 e. The van der Waals surface area contributed by atoms with Crippen LogP contribution in [0.4, 0.5) is 5.82 Å². The molecule has 0 aliphatic heterocycles. The Morgan fingerprint density at radius 3 is 2.68 bits per heavy atom. The lowest BCUT2D eigenvalue weighted by molar-refractivity contribution is 0.102. The molecule has 0 aromatic carbocycles. The third kappa shape index (κ3) is 2.57. The van der Waals surface area contributed by atoms with Crippen LogP contribution in [0.3, 0.4) is 0 Å². The third-order valence-electron chi connectivity index (χ3n) is 3.45. The number of pyridine rings is 1. The van der Waals surface area contributed by atoms with Gasteiger partial charge in [0.1, 0.15) is 16.5 Å². The average Bonchev–Trinajstić information content (AvgIpc) is 2.76. The molecule has 0 radical (unpaired) electrons. The van der Waals surface area contributed by atoms with Gasteiger partial charge in [0.2, 0.25) is 0 Å². The van der Waals surface area contributed by atoms with Crippen LogP contribution in [-0.2, 0) is 0 Å². The van der Waals surface area contributed by atoms with Crippen LogP contribution in [0, 0.1) is 27.7 Å². The fourth-order valence-corrected chi connectivity index (χ4v) is 3.64. The van der Waals surface area contributed by atoms with E-state index in [1.54, 1.807) is 6.20 Å². The molecule has 6 heteroatoms. The first-order chi connectivity index (χ1) is 10.5. The predicted molar refractivity (Wildman–Crippen MR) is 88.6 cm³/mol. The fourth-order valence-electron chi connectivity index (χ4n) is 2.47. The van der Waals surface area contributed by atoms with Crippen molar-refractivity contribution in [3.63, 3.8) is 0 Å². The molecule has 0 unspecified atom stereocenters. The maximum atomic E-state index is 12.5. The lowest BCUT2D eigenvalue weighted by Gasteiger charge is -2.04. The quantitative estimate of drug-likeness (QED) is 0.785. The molecule has 0 atom stereocenters. The van der Waals surface area contributed by atoms with Crippen LogP contribution < -0.4 is 5.32 Å². The molecule has 1 amide bonds. The van der Waals surface area contributed by atoms with E-state index in [-0.39, 0.29) is 5.91 Å². The molecule has 1 N–H and O–H groups in total. The summed E-state index contributed by atoms with van der Waals surface area (Å²) in [6.07, 6.45) is 1.68. The highest BCUT2D eigenvalue weighted by atomic mass is 32.1. The molecular weight excluding hydrogens is 296 g/mol. The molecular formula is C16H16N4OS. The SMILES string of the molecule is Cc1ccnc(NC(=O)c2sc3nc(C)nc(C)c3c2C)c1. The molecule has 3 heterocycles. The Kier molecular flexibility index (Phi) is 3.62. The van der Waals surface area contributed by atoms with E-state index < -0.39 is 0 Å². The van der Waals surface area contributed by atoms with Gasteiger partial charge >= 0.3 is 0 Å². The second-order valence-electron chi connectivity index (χ2n) is 5.27. The van der Waals surface area contributed by atoms with Gasteiger partial charge in [0.25, 0.3) is 5.91 Å². The minimum absolute atomic E-state index is 0.157. The summed E-state index contributed by atoms with van der Waals surface area (Å²) < 4.78 is 0. The number of carbonyl (C=O) groups excluding carboxylic acids is 1. The number of thiophene rings is 1. The standard InChI is InChI=1S/C16H16N4OS/c1-8-5-6-17-12(7-8)20-15(21)14-9(2)13-10(3)18-11(4)19-16(13)22-14/h5-7H,1-4H3,(H,17,20,21). The van der Waals surface area contributed by atoms with Crippen LogP contribution in [-0.4, -0.2) is 20.9 Å². The minimum Gasteiger partial charge on any atom is -0.306 e. The number of aromatic nitrogens is 3. The monoisotopic (exact) mass is 312 g/mol. The van der Waals surface area contributed by atoms with Gasteiger partial charge in [-0.25, -0.2) is 15.0 Å². The van der Waals surface area contributed by atoms with Crippen molar-refractivity contribution < 1.29 is 4.79 Å². The molecule has 3 rings (SSSR count). The first-order valence-electron chi connectivity index (χ1n) is 6.94. The Labute approximate surface area is 132 Å². The summed E-state index contributed by atoms with van der Waals surface area (Å²) in [6.45, 7) is 7.70. The van der Waals surface area contributed by atoms with Gasteiger partial charge in [-0.3, -0.25) is 4.79 Å². The number of anilines is 1. The van der Waals surface area contributed by atoms with Crippen molar-refractivity contribution in [3.8, 4) is 0 Å². The largest absolute Gasteiger partial charge is 0.306 e. The Hall–Kier alpha value is -2.34. The van der Waals surface area contributed by atoms with Gasteiger partial charge < -0.3 is 5.32 Å². The normalized spacial score (nSPS) is 10.9. The van der Waals surface area contributed by atoms with E-state index in [9.17, 15) is 4.79 Å². The number of nitrogens with one attached hydrogen (secondary N) is 1. The number of hydrogen-bond donors (Lipinski definition) is 1. The molecule has 0 fully saturated rings. The van der Waals surface area contributed by atoms with Gasteiger partial charge in [0.05, 0.1) is 4.88 Å². The van der Waals surface area contributed by atoms with E-state index in [0.29, 0.717) is 10.7 Å². The molecule has 0 aliphatic carbocycles. The summed E-state index contributed by atoms with van der Waals surface area (Å²) in [4.78, 5) is 27.0. The van der Waals surface area contributed by atoms with Crippen LogP contribution in [0.15, 0.2) is 18.3 Å². The van der Waals surface area contributed by atoms with E-state index in [1.165, 1.54) is 11.3 Å². The molecule has 5 nitrogen and oxygen atoms in total. The molecule has 0 saturated heterocycles. The summed E-state index contributed by atoms with van der Waals surface area (Å²) in [5.74, 6) is 1.12. The number of carbonyl (C=O) groups is 1. The second kappa shape index (κ2) is 5.46. The van der Waals surface area contributed by atoms with E-state index in [0.717, 1.165) is 32.9 Å². The van der Waals surface area contributed by atoms with E-state index in [2.05, 4.69) is 20.3 Å². The molecule has 112 valence electrons. The van der Waals surface area contributed by atoms with Crippen LogP contribution in [0.25, 0.3) is 10.2 Å². The van der Waals surface area contributed by atoms with Gasteiger partial charge in [-0.05, 0) is 51.0 Å². The van der Waals surface area contributed by atoms with Crippen molar-refractivity contribution in [3.05, 3.63) is 45.9 Å². The number of aryl methyl sites for hydroxylation is 4. The van der Waals surface area contributed by atoms with E-state index in [4.69, 9.17) is 0 Å². The van der Waals surface area contributed by atoms with Crippen molar-refractivity contribution in [1.82, 2.24) is 15.0 Å². The number of rotatable bonds is 2. The van der Waals surface area contributed by atoms with Gasteiger partial charge in [0.15, 0.2) is 0 Å². The topological polar surface area (TPSA) is 67.8 Å². The van der Waals surface area contributed by atoms with Gasteiger partial charge in [-0.2, -0.15) is 0 Å². The molecule has 3 aromatic heterocycles. The number of amides is 1. The molecule has 0 saturated carbocycles. The zero-order valence-corrected chi connectivity index (χ0v) is 13.7. The predicted octanol–water partition coefficient (Wildman–Crippen LogP) is 3.57. The van der Waals surface area contributed by atoms with Gasteiger partial charge in [0, 0.05) is 17.3 Å². The van der Waals surface area contributed by atoms with Crippen molar-refractivity contribution >= 4 is 33.3 Å². The number of hydrogen-bond acceptors (Lipinski definition) is 5. The van der Waals surface area contributed by atoms with Crippen molar-refractivity contribution in [2.45, 2.75) is 27.7 Å². The summed E-state index contributed by atoms with van der Waals surface area (Å²) in [6, 6.07) is 3.73. The van der Waals surface area contributed by atoms with Gasteiger partial charge in [-0.15, -0.1) is 11.3 Å². The number of nitrogens with zero attached hydrogens (tertiary/aromatic N) is 3. The van der Waals surface area contributed by atoms with E-state index in [1.807, 2.05) is 39.8 Å². The summed E-state index contributed by atoms with van der Waals surface area (Å²) >= 11 is 1.39. The highest BCUT2D eigenvalue weighted by Gasteiger charge is 2.19. The molecule has 0 bridgehead atoms. The average molecular weight is 312 g/mol. The zero-order chi connectivity index (χ0) is 15.9. The maximum absolute atomic E-state index is 12.5. The number of fused-ring (bicyclic) bond motifs is 1. The van der Waals surface area contributed by atoms with Crippen LogP contribution in [0.2, 0.25) is 0 Å². The molecule has 3 aromatic rings. The summed E-state index contributed by atoms with van der Waals surface area (Å²) in [5.41, 5.74) is 2.88. The first kappa shape index (κ1) is 14.6. The Balaban J connectivity index is 2.01. The van der Waals surface area contributed by atoms with E-state index >= 15 is 0 Å². The first-order valence-corrected chi connectivity index (χ1v) is 7.75. The van der Waals surface area contributed by atoms with Crippen LogP contribution in [0.1, 0.15) is 32.3 Å².